The minimum atomic E-state index is -0.183. The summed E-state index contributed by atoms with van der Waals surface area (Å²) in [5.41, 5.74) is 11.0. The molecule has 6 heterocycles. The Balaban J connectivity index is 1.23. The van der Waals surface area contributed by atoms with Crippen LogP contribution in [0.25, 0.3) is 28.0 Å². The molecule has 2 fully saturated rings. The first-order chi connectivity index (χ1) is 19.5. The first-order valence-electron chi connectivity index (χ1n) is 13.2. The number of pyridine rings is 1. The van der Waals surface area contributed by atoms with Crippen LogP contribution in [-0.2, 0) is 4.79 Å². The van der Waals surface area contributed by atoms with E-state index in [0.29, 0.717) is 30.1 Å². The monoisotopic (exact) mass is 535 g/mol. The molecule has 2 N–H and O–H groups in total. The van der Waals surface area contributed by atoms with Gasteiger partial charge in [-0.3, -0.25) is 14.6 Å². The van der Waals surface area contributed by atoms with E-state index >= 15 is 0 Å². The van der Waals surface area contributed by atoms with Crippen molar-refractivity contribution in [2.75, 3.05) is 30.3 Å². The zero-order chi connectivity index (χ0) is 27.4. The van der Waals surface area contributed by atoms with E-state index in [0.717, 1.165) is 35.2 Å². The van der Waals surface area contributed by atoms with Gasteiger partial charge in [0.1, 0.15) is 17.2 Å². The average Bonchev–Trinajstić information content (AvgIpc) is 3.49. The lowest BCUT2D eigenvalue weighted by molar-refractivity contribution is -0.485. The van der Waals surface area contributed by atoms with Gasteiger partial charge in [-0.15, -0.1) is 4.70 Å². The van der Waals surface area contributed by atoms with Crippen LogP contribution in [-0.4, -0.2) is 78.9 Å². The highest BCUT2D eigenvalue weighted by molar-refractivity contribution is 6.04. The third kappa shape index (κ3) is 3.91. The molecule has 4 aromatic rings. The van der Waals surface area contributed by atoms with Crippen LogP contribution in [0, 0.1) is 0 Å². The highest BCUT2D eigenvalue weighted by Gasteiger charge is 2.44. The maximum atomic E-state index is 13.0. The van der Waals surface area contributed by atoms with E-state index in [4.69, 9.17) is 10.7 Å². The minimum absolute atomic E-state index is 0.0163. The molecule has 200 valence electrons. The Hall–Kier alpha value is -5.00. The van der Waals surface area contributed by atoms with Crippen molar-refractivity contribution in [3.05, 3.63) is 60.4 Å². The molecule has 3 aromatic heterocycles. The summed E-state index contributed by atoms with van der Waals surface area (Å²) in [6.07, 6.45) is 6.84. The second-order valence-electron chi connectivity index (χ2n) is 10.4. The van der Waals surface area contributed by atoms with E-state index < -0.39 is 0 Å². The molecule has 3 aliphatic heterocycles. The summed E-state index contributed by atoms with van der Waals surface area (Å²) in [5, 5.41) is 12.0. The minimum Gasteiger partial charge on any atom is -0.383 e. The smallest absolute Gasteiger partial charge is 0.274 e. The number of amides is 1. The number of ketones is 1. The van der Waals surface area contributed by atoms with Gasteiger partial charge >= 0.3 is 0 Å². The zero-order valence-electron chi connectivity index (χ0n) is 21.9. The molecule has 2 atom stereocenters. The third-order valence-electron chi connectivity index (χ3n) is 7.88. The molecule has 0 radical (unpaired) electrons. The summed E-state index contributed by atoms with van der Waals surface area (Å²) < 4.78 is 3.06. The van der Waals surface area contributed by atoms with Gasteiger partial charge in [-0.05, 0) is 25.8 Å². The fourth-order valence-electron chi connectivity index (χ4n) is 6.01. The lowest BCUT2D eigenvalue weighted by atomic mass is 10.1. The molecule has 2 unspecified atom stereocenters. The number of rotatable bonds is 6. The Morgan fingerprint density at radius 3 is 2.40 bits per heavy atom. The number of hydrogen-bond acceptors (Lipinski definition) is 9. The lowest BCUT2D eigenvalue weighted by Crippen LogP contribution is -2.57. The summed E-state index contributed by atoms with van der Waals surface area (Å²) in [4.78, 5) is 39.6. The van der Waals surface area contributed by atoms with Crippen LogP contribution in [0.2, 0.25) is 0 Å². The number of nitrogens with two attached hydrogens (primary N) is 1. The second kappa shape index (κ2) is 9.33. The summed E-state index contributed by atoms with van der Waals surface area (Å²) in [7, 11) is 0. The summed E-state index contributed by atoms with van der Waals surface area (Å²) in [6, 6.07) is 14.0. The molecule has 40 heavy (non-hydrogen) atoms. The van der Waals surface area contributed by atoms with Crippen LogP contribution >= 0.6 is 0 Å². The number of Topliss-reactive ketones (excluding diaryl/α,β-unsaturated/α-hetero) is 1. The lowest BCUT2D eigenvalue weighted by Gasteiger charge is -2.42. The van der Waals surface area contributed by atoms with Gasteiger partial charge in [0, 0.05) is 53.2 Å². The van der Waals surface area contributed by atoms with Crippen molar-refractivity contribution in [3.63, 3.8) is 0 Å². The van der Waals surface area contributed by atoms with Crippen LogP contribution in [0.3, 0.4) is 0 Å². The van der Waals surface area contributed by atoms with Crippen molar-refractivity contribution in [1.29, 1.82) is 0 Å². The van der Waals surface area contributed by atoms with E-state index in [1.807, 2.05) is 47.4 Å². The first-order valence-corrected chi connectivity index (χ1v) is 13.2. The number of hydrogen-bond donors (Lipinski definition) is 1. The Morgan fingerprint density at radius 2 is 1.77 bits per heavy atom. The van der Waals surface area contributed by atoms with Gasteiger partial charge in [-0.1, -0.05) is 36.4 Å². The molecule has 1 amide bonds. The van der Waals surface area contributed by atoms with Crippen LogP contribution in [0.5, 0.6) is 0 Å². The maximum Gasteiger partial charge on any atom is 0.274 e. The molecule has 3 aliphatic rings. The summed E-state index contributed by atoms with van der Waals surface area (Å²) in [6.45, 7) is 2.80. The molecule has 2 bridgehead atoms. The number of fused-ring (bicyclic) bond motifs is 3. The Kier molecular flexibility index (Phi) is 5.61. The molecule has 12 heteroatoms. The molecular weight excluding hydrogens is 508 g/mol. The van der Waals surface area contributed by atoms with Crippen molar-refractivity contribution in [1.82, 2.24) is 24.5 Å². The second-order valence-corrected chi connectivity index (χ2v) is 10.4. The topological polar surface area (TPSA) is 137 Å². The van der Waals surface area contributed by atoms with E-state index in [1.165, 1.54) is 11.4 Å². The van der Waals surface area contributed by atoms with Crippen molar-refractivity contribution in [2.45, 2.75) is 31.8 Å². The van der Waals surface area contributed by atoms with E-state index in [-0.39, 0.29) is 36.1 Å². The number of piperazine rings is 1. The van der Waals surface area contributed by atoms with Gasteiger partial charge in [0.05, 0.1) is 17.1 Å². The number of carbonyl (C=O) groups excluding carboxylic acids is 2. The van der Waals surface area contributed by atoms with Crippen LogP contribution in [0.15, 0.2) is 65.2 Å². The molecule has 2 saturated heterocycles. The van der Waals surface area contributed by atoms with Crippen molar-refractivity contribution in [3.8, 4) is 22.4 Å². The Bertz CT molecular complexity index is 1700. The van der Waals surface area contributed by atoms with Crippen LogP contribution in [0.4, 0.5) is 11.6 Å². The van der Waals surface area contributed by atoms with E-state index in [2.05, 4.69) is 25.3 Å². The summed E-state index contributed by atoms with van der Waals surface area (Å²) in [5.74, 6) is 0.623. The fourth-order valence-corrected chi connectivity index (χ4v) is 6.01. The van der Waals surface area contributed by atoms with Crippen LogP contribution < -0.4 is 10.6 Å². The van der Waals surface area contributed by atoms with Gasteiger partial charge in [-0.2, -0.15) is 9.61 Å². The third-order valence-corrected chi connectivity index (χ3v) is 7.88. The number of carbonyl (C=O) groups is 2. The normalized spacial score (nSPS) is 19.6. The van der Waals surface area contributed by atoms with Crippen LogP contribution in [0.1, 0.15) is 30.1 Å². The Morgan fingerprint density at radius 1 is 1.02 bits per heavy atom. The average molecular weight is 536 g/mol. The van der Waals surface area contributed by atoms with Gasteiger partial charge in [-0.25, -0.2) is 4.98 Å². The first kappa shape index (κ1) is 24.1. The van der Waals surface area contributed by atoms with Gasteiger partial charge in [0.2, 0.25) is 0 Å². The molecular formula is C28H27N10O2+. The number of aromatic nitrogens is 4. The van der Waals surface area contributed by atoms with E-state index in [9.17, 15) is 9.59 Å². The Labute approximate surface area is 229 Å². The van der Waals surface area contributed by atoms with Gasteiger partial charge in [0.25, 0.3) is 12.2 Å². The predicted molar refractivity (Wildman–Crippen MR) is 148 cm³/mol. The van der Waals surface area contributed by atoms with Crippen molar-refractivity contribution >= 4 is 35.3 Å². The summed E-state index contributed by atoms with van der Waals surface area (Å²) >= 11 is 0. The highest BCUT2D eigenvalue weighted by Crippen LogP contribution is 2.36. The quantitative estimate of drug-likeness (QED) is 0.296. The molecule has 0 spiro atoms. The number of nitrogens with zero attached hydrogens (tertiary/aromatic N) is 9. The van der Waals surface area contributed by atoms with Gasteiger partial charge < -0.3 is 15.5 Å². The van der Waals surface area contributed by atoms with E-state index in [1.54, 1.807) is 23.4 Å². The van der Waals surface area contributed by atoms with Crippen molar-refractivity contribution in [2.24, 2.45) is 10.3 Å². The number of nitrogen functional groups attached to an aromatic ring is 1. The molecule has 1 aromatic carbocycles. The van der Waals surface area contributed by atoms with Gasteiger partial charge in [0.15, 0.2) is 18.0 Å². The molecule has 12 nitrogen and oxygen atoms in total. The molecule has 0 saturated carbocycles. The maximum absolute atomic E-state index is 13.0. The fraction of sp³-hybridized carbons (Fsp3) is 0.286. The standard InChI is InChI=1S/C28H26N10O2/c1-17(39)25-26(29)38-27(22(12-32-38)19-7-10-23(30-11-19)18-5-3-2-4-6-18)33-28(25)35-13-20-8-9-21(14-35)37(20)24(40)15-36-16-31-34-36/h2-7,10-12,16,20-21H,8-9,13-15H2,1H3,(H-,29,32,33,39)/p+1. The largest absolute Gasteiger partial charge is 0.383 e. The zero-order valence-corrected chi connectivity index (χ0v) is 21.9. The van der Waals surface area contributed by atoms with Crippen molar-refractivity contribution < 1.29 is 14.3 Å². The highest BCUT2D eigenvalue weighted by atomic mass is 16.2. The predicted octanol–water partition coefficient (Wildman–Crippen LogP) is 2.84. The number of benzene rings is 1. The molecule has 0 aliphatic carbocycles. The number of anilines is 2. The molecule has 7 rings (SSSR count). The SMILES string of the molecule is CC(=O)c1c(N2CC3CCC(C2)N3C(=O)C[N+]2=NN=C2)nc2c(-c3ccc(-c4ccccc4)nc3)cnn2c1N.